The molecule has 3 nitrogen and oxygen atoms in total. The van der Waals surface area contributed by atoms with Crippen LogP contribution in [0.2, 0.25) is 0 Å². The number of furan rings is 1. The van der Waals surface area contributed by atoms with Crippen molar-refractivity contribution in [2.24, 2.45) is 0 Å². The second-order valence-electron chi connectivity index (χ2n) is 14.8. The molecule has 56 heavy (non-hydrogen) atoms. The van der Waals surface area contributed by atoms with Crippen LogP contribution in [0, 0.1) is 0 Å². The summed E-state index contributed by atoms with van der Waals surface area (Å²) in [5.74, 6) is 0.702. The van der Waals surface area contributed by atoms with Crippen LogP contribution < -0.4 is 0 Å². The van der Waals surface area contributed by atoms with Gasteiger partial charge in [0.15, 0.2) is 5.82 Å². The lowest BCUT2D eigenvalue weighted by molar-refractivity contribution is 0.668. The number of benzene rings is 8. The summed E-state index contributed by atoms with van der Waals surface area (Å²) >= 11 is 0. The average Bonchev–Trinajstić information content (AvgIpc) is 3.75. The molecule has 1 spiro atoms. The topological polar surface area (TPSA) is 38.9 Å². The summed E-state index contributed by atoms with van der Waals surface area (Å²) in [5.41, 5.74) is 18.3. The molecule has 2 heterocycles. The van der Waals surface area contributed by atoms with Crippen molar-refractivity contribution in [1.82, 2.24) is 9.97 Å². The quantitative estimate of drug-likeness (QED) is 0.183. The van der Waals surface area contributed by atoms with E-state index in [-0.39, 0.29) is 0 Å². The normalized spacial score (nSPS) is 14.9. The van der Waals surface area contributed by atoms with E-state index in [1.165, 1.54) is 55.6 Å². The van der Waals surface area contributed by atoms with E-state index in [1.54, 1.807) is 0 Å². The third kappa shape index (κ3) is 4.34. The predicted molar refractivity (Wildman–Crippen MR) is 227 cm³/mol. The molecule has 0 fully saturated rings. The lowest BCUT2D eigenvalue weighted by atomic mass is 9.65. The fraction of sp³-hybridized carbons (Fsp3) is 0.0189. The van der Waals surface area contributed by atoms with Gasteiger partial charge in [-0.25, -0.2) is 9.97 Å². The first-order chi connectivity index (χ1) is 27.8. The molecule has 0 saturated carbocycles. The van der Waals surface area contributed by atoms with Gasteiger partial charge in [0.2, 0.25) is 0 Å². The van der Waals surface area contributed by atoms with Gasteiger partial charge in [0.25, 0.3) is 0 Å². The van der Waals surface area contributed by atoms with Crippen LogP contribution in [-0.4, -0.2) is 9.97 Å². The van der Waals surface area contributed by atoms with E-state index in [9.17, 15) is 0 Å². The minimum Gasteiger partial charge on any atom is -0.456 e. The van der Waals surface area contributed by atoms with Gasteiger partial charge in [-0.3, -0.25) is 0 Å². The molecule has 0 saturated heterocycles. The van der Waals surface area contributed by atoms with E-state index in [4.69, 9.17) is 14.4 Å². The summed E-state index contributed by atoms with van der Waals surface area (Å²) in [6, 6.07) is 69.8. The first-order valence-electron chi connectivity index (χ1n) is 19.2. The first-order valence-corrected chi connectivity index (χ1v) is 19.2. The van der Waals surface area contributed by atoms with Gasteiger partial charge in [-0.1, -0.05) is 164 Å². The monoisotopic (exact) mass is 712 g/mol. The summed E-state index contributed by atoms with van der Waals surface area (Å²) in [6.07, 6.45) is 0. The molecule has 0 bridgehead atoms. The Morgan fingerprint density at radius 2 is 0.857 bits per heavy atom. The zero-order chi connectivity index (χ0) is 36.8. The van der Waals surface area contributed by atoms with Gasteiger partial charge >= 0.3 is 0 Å². The highest BCUT2D eigenvalue weighted by atomic mass is 16.3. The molecule has 0 aliphatic heterocycles. The van der Waals surface area contributed by atoms with Crippen LogP contribution in [0.25, 0.3) is 89.2 Å². The van der Waals surface area contributed by atoms with Crippen molar-refractivity contribution in [3.05, 3.63) is 216 Å². The Hall–Kier alpha value is -7.36. The zero-order valence-electron chi connectivity index (χ0n) is 30.3. The number of hydrogen-bond acceptors (Lipinski definition) is 3. The molecule has 2 aromatic heterocycles. The summed E-state index contributed by atoms with van der Waals surface area (Å²) < 4.78 is 6.54. The van der Waals surface area contributed by atoms with E-state index < -0.39 is 5.41 Å². The van der Waals surface area contributed by atoms with Gasteiger partial charge < -0.3 is 4.42 Å². The van der Waals surface area contributed by atoms with Crippen LogP contribution in [0.15, 0.2) is 199 Å². The van der Waals surface area contributed by atoms with Gasteiger partial charge in [-0.2, -0.15) is 0 Å². The van der Waals surface area contributed by atoms with Crippen molar-refractivity contribution in [1.29, 1.82) is 0 Å². The Bertz CT molecular complexity index is 3140. The van der Waals surface area contributed by atoms with Gasteiger partial charge in [0.05, 0.1) is 16.8 Å². The van der Waals surface area contributed by atoms with Gasteiger partial charge in [-0.05, 0) is 86.0 Å². The predicted octanol–water partition coefficient (Wildman–Crippen LogP) is 13.4. The van der Waals surface area contributed by atoms with Crippen LogP contribution in [0.3, 0.4) is 0 Å². The average molecular weight is 713 g/mol. The second kappa shape index (κ2) is 11.8. The Labute approximate surface area is 324 Å². The van der Waals surface area contributed by atoms with Crippen LogP contribution in [-0.2, 0) is 5.41 Å². The maximum Gasteiger partial charge on any atom is 0.160 e. The molecule has 2 aliphatic carbocycles. The summed E-state index contributed by atoms with van der Waals surface area (Å²) in [6.45, 7) is 0. The Balaban J connectivity index is 1.22. The summed E-state index contributed by atoms with van der Waals surface area (Å²) in [5, 5.41) is 2.25. The largest absolute Gasteiger partial charge is 0.456 e. The number of fused-ring (bicyclic) bond motifs is 15. The fourth-order valence-corrected chi connectivity index (χ4v) is 9.53. The summed E-state index contributed by atoms with van der Waals surface area (Å²) in [4.78, 5) is 10.4. The molecule has 0 N–H and O–H groups in total. The van der Waals surface area contributed by atoms with E-state index in [0.29, 0.717) is 5.82 Å². The fourth-order valence-electron chi connectivity index (χ4n) is 9.53. The molecule has 10 aromatic rings. The van der Waals surface area contributed by atoms with E-state index in [2.05, 4.69) is 164 Å². The number of aromatic nitrogens is 2. The third-order valence-electron chi connectivity index (χ3n) is 11.9. The van der Waals surface area contributed by atoms with Crippen LogP contribution in [0.5, 0.6) is 0 Å². The van der Waals surface area contributed by atoms with Crippen LogP contribution in [0.1, 0.15) is 22.3 Å². The molecule has 12 rings (SSSR count). The van der Waals surface area contributed by atoms with Crippen molar-refractivity contribution in [2.75, 3.05) is 0 Å². The van der Waals surface area contributed by atoms with Crippen molar-refractivity contribution in [3.8, 4) is 67.3 Å². The summed E-state index contributed by atoms with van der Waals surface area (Å²) in [7, 11) is 0. The van der Waals surface area contributed by atoms with E-state index in [1.807, 2.05) is 30.3 Å². The SMILES string of the molecule is c1ccc(-c2cc(-c3ccc4c(c3)C3(c5ccccc5-c5ccccc5-4)c4ccccc4-c4cc5oc6ccccc6c5cc43)nc(-c3ccccc3)n2)cc1. The molecule has 3 heteroatoms. The molecule has 0 radical (unpaired) electrons. The maximum atomic E-state index is 6.54. The van der Waals surface area contributed by atoms with Gasteiger partial charge in [0.1, 0.15) is 11.2 Å². The first kappa shape index (κ1) is 31.0. The molecule has 2 aliphatic rings. The Morgan fingerprint density at radius 1 is 0.321 bits per heavy atom. The third-order valence-corrected chi connectivity index (χ3v) is 11.9. The standard InChI is InChI=1S/C53H32N2O/c1-3-15-33(16-4-1)48-32-49(55-52(54-48)34-17-5-2-6-18-34)35-27-28-40-37-20-8-7-19-36(37)38-21-9-12-24-44(38)53(46(40)29-35)45-25-13-10-22-39(45)42-31-51-43(30-47(42)53)41-23-11-14-26-50(41)56-51/h1-32H. The molecular formula is C53H32N2O. The molecule has 8 aromatic carbocycles. The lowest BCUT2D eigenvalue weighted by Crippen LogP contribution is -2.29. The van der Waals surface area contributed by atoms with E-state index in [0.717, 1.165) is 50.0 Å². The number of nitrogens with zero attached hydrogens (tertiary/aromatic N) is 2. The highest BCUT2D eigenvalue weighted by Gasteiger charge is 2.50. The van der Waals surface area contributed by atoms with Crippen molar-refractivity contribution >= 4 is 21.9 Å². The van der Waals surface area contributed by atoms with Gasteiger partial charge in [-0.15, -0.1) is 0 Å². The number of rotatable bonds is 3. The molecule has 1 atom stereocenters. The van der Waals surface area contributed by atoms with Crippen LogP contribution >= 0.6 is 0 Å². The number of hydrogen-bond donors (Lipinski definition) is 0. The maximum absolute atomic E-state index is 6.54. The van der Waals surface area contributed by atoms with Crippen molar-refractivity contribution in [2.45, 2.75) is 5.41 Å². The highest BCUT2D eigenvalue weighted by Crippen LogP contribution is 2.62. The minimum atomic E-state index is -0.656. The molecular weight excluding hydrogens is 681 g/mol. The molecule has 0 amide bonds. The molecule has 260 valence electrons. The van der Waals surface area contributed by atoms with Gasteiger partial charge in [0, 0.05) is 27.5 Å². The van der Waals surface area contributed by atoms with Crippen molar-refractivity contribution < 1.29 is 4.42 Å². The molecule has 1 unspecified atom stereocenters. The van der Waals surface area contributed by atoms with E-state index >= 15 is 0 Å². The number of para-hydroxylation sites is 1. The van der Waals surface area contributed by atoms with Crippen LogP contribution in [0.4, 0.5) is 0 Å². The minimum absolute atomic E-state index is 0.656. The highest BCUT2D eigenvalue weighted by molar-refractivity contribution is 6.09. The smallest absolute Gasteiger partial charge is 0.160 e. The second-order valence-corrected chi connectivity index (χ2v) is 14.8. The lowest BCUT2D eigenvalue weighted by Gasteiger charge is -2.35. The van der Waals surface area contributed by atoms with Crippen molar-refractivity contribution in [3.63, 3.8) is 0 Å². The zero-order valence-corrected chi connectivity index (χ0v) is 30.3. The Kier molecular flexibility index (Phi) is 6.55. The Morgan fingerprint density at radius 3 is 1.57 bits per heavy atom.